The van der Waals surface area contributed by atoms with E-state index in [1.54, 1.807) is 16.4 Å². The summed E-state index contributed by atoms with van der Waals surface area (Å²) in [7, 11) is 0. The molecule has 2 saturated heterocycles. The van der Waals surface area contributed by atoms with E-state index in [1.165, 1.54) is 18.0 Å². The Labute approximate surface area is 316 Å². The number of nitrogens with one attached hydrogen (secondary N) is 1. The largest absolute Gasteiger partial charge is 1.00 e. The first-order valence-corrected chi connectivity index (χ1v) is 15.6. The van der Waals surface area contributed by atoms with Gasteiger partial charge in [0.05, 0.1) is 52.7 Å². The van der Waals surface area contributed by atoms with Gasteiger partial charge in [0.2, 0.25) is 5.91 Å². The van der Waals surface area contributed by atoms with E-state index in [1.807, 2.05) is 0 Å². The smallest absolute Gasteiger partial charge is 0.545 e. The van der Waals surface area contributed by atoms with Gasteiger partial charge in [0.15, 0.2) is 17.1 Å². The Hall–Kier alpha value is -2.18. The van der Waals surface area contributed by atoms with Gasteiger partial charge in [-0.15, -0.1) is 11.8 Å². The summed E-state index contributed by atoms with van der Waals surface area (Å²) in [5, 5.41) is 35.8. The molecular weight excluding hydrogens is 659 g/mol. The fraction of sp³-hybridized carbons (Fsp3) is 0.517. The molecule has 2 aromatic rings. The monoisotopic (exact) mass is 689 g/mol. The summed E-state index contributed by atoms with van der Waals surface area (Å²) in [6, 6.07) is 0.0787. The van der Waals surface area contributed by atoms with Crippen molar-refractivity contribution in [1.82, 2.24) is 19.8 Å². The number of carbonyl (C=O) groups is 4. The molecule has 0 radical (unpaired) electrons. The molecule has 18 heteroatoms. The van der Waals surface area contributed by atoms with Crippen molar-refractivity contribution in [3.63, 3.8) is 0 Å². The molecule has 47 heavy (non-hydrogen) atoms. The number of β-lactam (4-membered cyclic amide) rings is 1. The Morgan fingerprint density at radius 2 is 1.89 bits per heavy atom. The van der Waals surface area contributed by atoms with Gasteiger partial charge < -0.3 is 49.3 Å². The molecule has 2 N–H and O–H groups in total. The predicted molar refractivity (Wildman–Crippen MR) is 153 cm³/mol. The molecule has 3 fully saturated rings. The molecular formula is C29H30FN5Na2O9S. The van der Waals surface area contributed by atoms with E-state index in [-0.39, 0.29) is 113 Å². The number of carboxylic acids is 2. The third-order valence-corrected chi connectivity index (χ3v) is 10.0. The minimum Gasteiger partial charge on any atom is -0.545 e. The number of halogens is 1. The molecule has 4 aliphatic rings. The number of carbonyl (C=O) groups excluding carboxylic acids is 4. The molecule has 1 saturated carbocycles. The summed E-state index contributed by atoms with van der Waals surface area (Å²) in [5.41, 5.74) is -1.44. The van der Waals surface area contributed by atoms with Gasteiger partial charge in [-0.3, -0.25) is 9.59 Å². The van der Waals surface area contributed by atoms with Crippen LogP contribution in [0.15, 0.2) is 27.7 Å². The Morgan fingerprint density at radius 1 is 1.19 bits per heavy atom. The Morgan fingerprint density at radius 3 is 2.51 bits per heavy atom. The number of anilines is 1. The maximum absolute atomic E-state index is 15.2. The number of aromatic nitrogens is 2. The van der Waals surface area contributed by atoms with Crippen molar-refractivity contribution in [3.8, 4) is 0 Å². The molecule has 3 aliphatic heterocycles. The van der Waals surface area contributed by atoms with E-state index in [4.69, 9.17) is 4.74 Å². The first kappa shape index (κ1) is 37.6. The van der Waals surface area contributed by atoms with Crippen molar-refractivity contribution in [2.24, 2.45) is 11.8 Å². The maximum Gasteiger partial charge on any atom is 1.00 e. The van der Waals surface area contributed by atoms with E-state index in [0.717, 1.165) is 30.7 Å². The van der Waals surface area contributed by atoms with Crippen molar-refractivity contribution >= 4 is 52.6 Å². The second-order valence-corrected chi connectivity index (χ2v) is 12.9. The van der Waals surface area contributed by atoms with Crippen molar-refractivity contribution in [2.45, 2.75) is 57.3 Å². The molecule has 5 heterocycles. The van der Waals surface area contributed by atoms with Crippen molar-refractivity contribution in [3.05, 3.63) is 44.5 Å². The number of carboxylic acid groups (broad SMARTS) is 2. The van der Waals surface area contributed by atoms with Crippen LogP contribution in [-0.2, 0) is 14.3 Å². The fourth-order valence-corrected chi connectivity index (χ4v) is 7.61. The van der Waals surface area contributed by atoms with Gasteiger partial charge >= 0.3 is 65.2 Å². The summed E-state index contributed by atoms with van der Waals surface area (Å²) >= 11 is 1.15. The van der Waals surface area contributed by atoms with Crippen LogP contribution >= 0.6 is 11.8 Å². The second kappa shape index (κ2) is 14.7. The number of pyridine rings is 2. The minimum atomic E-state index is -1.64. The van der Waals surface area contributed by atoms with Gasteiger partial charge in [0.1, 0.15) is 12.3 Å². The number of fused-ring (bicyclic) bond motifs is 2. The topological polar surface area (TPSA) is 197 Å². The number of aliphatic hydroxyl groups is 1. The average molecular weight is 690 g/mol. The van der Waals surface area contributed by atoms with Gasteiger partial charge in [-0.1, -0.05) is 6.92 Å². The number of thioether (sulfide) groups is 1. The SMILES string of the molecule is CC1C(SCCOC(=O)NC2CCN(c3nc4c(cc3F)c(=O)c(C(=O)[O-])cn4C3CC3)C2)=C(C(=O)[O-])N2C(=O)[C@@H]([C@@H](C)O)[C@H]12.[Na+].[Na+]. The molecule has 6 rings (SSSR count). The number of hydrogen-bond donors (Lipinski definition) is 2. The number of amides is 2. The molecule has 0 aromatic carbocycles. The van der Waals surface area contributed by atoms with Gasteiger partial charge in [0, 0.05) is 41.9 Å². The van der Waals surface area contributed by atoms with Crippen molar-refractivity contribution in [2.75, 3.05) is 30.3 Å². The number of aromatic carboxylic acids is 1. The van der Waals surface area contributed by atoms with Crippen molar-refractivity contribution < 1.29 is 103 Å². The van der Waals surface area contributed by atoms with Crippen LogP contribution in [0.2, 0.25) is 0 Å². The van der Waals surface area contributed by atoms with E-state index < -0.39 is 64.9 Å². The fourth-order valence-electron chi connectivity index (χ4n) is 6.51. The van der Waals surface area contributed by atoms with Crippen LogP contribution in [0.25, 0.3) is 11.0 Å². The molecule has 2 unspecified atom stereocenters. The molecule has 2 amide bonds. The van der Waals surface area contributed by atoms with Crippen LogP contribution < -0.4 is 85.0 Å². The zero-order valence-corrected chi connectivity index (χ0v) is 31.2. The number of ether oxygens (including phenoxy) is 1. The summed E-state index contributed by atoms with van der Waals surface area (Å²) in [5.74, 6) is -5.21. The number of alkyl carbamates (subject to hydrolysis) is 1. The number of rotatable bonds is 10. The first-order valence-electron chi connectivity index (χ1n) is 14.6. The van der Waals surface area contributed by atoms with E-state index in [0.29, 0.717) is 17.9 Å². The Balaban J connectivity index is 0.00000250. The van der Waals surface area contributed by atoms with Gasteiger partial charge in [-0.25, -0.2) is 14.2 Å². The summed E-state index contributed by atoms with van der Waals surface area (Å²) in [4.78, 5) is 68.6. The minimum absolute atomic E-state index is 0. The number of nitrogens with zero attached hydrogens (tertiary/aromatic N) is 4. The molecule has 0 spiro atoms. The predicted octanol–water partition coefficient (Wildman–Crippen LogP) is -6.90. The Kier molecular flexibility index (Phi) is 11.8. The maximum atomic E-state index is 15.2. The van der Waals surface area contributed by atoms with Crippen molar-refractivity contribution in [1.29, 1.82) is 0 Å². The number of hydrogen-bond acceptors (Lipinski definition) is 12. The third-order valence-electron chi connectivity index (χ3n) is 8.79. The van der Waals surface area contributed by atoms with Crippen LogP contribution in [-0.4, -0.2) is 87.1 Å². The first-order chi connectivity index (χ1) is 21.4. The summed E-state index contributed by atoms with van der Waals surface area (Å²) in [6.07, 6.45) is 1.56. The molecule has 240 valence electrons. The second-order valence-electron chi connectivity index (χ2n) is 11.8. The standard InChI is InChI=1S/C29H32FN5O9S.2Na/c1-12-20-19(13(2)36)26(38)35(20)21(28(41)42)23(12)45-8-7-44-29(43)31-14-5-6-33(10-14)25-18(30)9-16-22(37)17(27(39)40)11-34(15-3-4-15)24(16)32-25;;/h9,11-15,19-20,36H,3-8,10H2,1-2H3,(H,31,43)(H,39,40)(H,41,42);;/q;2*+1/p-2/t12?,13-,14?,19+,20+;;/m1../s1. The van der Waals surface area contributed by atoms with Crippen LogP contribution in [0.4, 0.5) is 15.0 Å². The number of aliphatic carboxylic acids is 1. The summed E-state index contributed by atoms with van der Waals surface area (Å²) in [6.45, 7) is 3.77. The normalized spacial score (nSPS) is 23.9. The van der Waals surface area contributed by atoms with Gasteiger partial charge in [-0.05, 0) is 32.3 Å². The van der Waals surface area contributed by atoms with E-state index in [2.05, 4.69) is 10.3 Å². The third kappa shape index (κ3) is 6.98. The quantitative estimate of drug-likeness (QED) is 0.136. The van der Waals surface area contributed by atoms with Gasteiger partial charge in [0.25, 0.3) is 0 Å². The molecule has 1 aliphatic carbocycles. The zero-order valence-electron chi connectivity index (χ0n) is 26.4. The average Bonchev–Trinajstić information content (AvgIpc) is 3.66. The van der Waals surface area contributed by atoms with Crippen LogP contribution in [0.1, 0.15) is 49.5 Å². The molecule has 2 aromatic heterocycles. The zero-order chi connectivity index (χ0) is 32.3. The molecule has 5 atom stereocenters. The molecule has 0 bridgehead atoms. The van der Waals surface area contributed by atoms with Crippen LogP contribution in [0, 0.1) is 17.7 Å². The molecule has 14 nitrogen and oxygen atoms in total. The Bertz CT molecular complexity index is 1720. The summed E-state index contributed by atoms with van der Waals surface area (Å²) < 4.78 is 22.0. The number of aliphatic hydroxyl groups excluding tert-OH is 1. The van der Waals surface area contributed by atoms with Crippen LogP contribution in [0.5, 0.6) is 0 Å². The van der Waals surface area contributed by atoms with Gasteiger partial charge in [-0.2, -0.15) is 0 Å². The van der Waals surface area contributed by atoms with E-state index >= 15 is 4.39 Å². The van der Waals surface area contributed by atoms with E-state index in [9.17, 15) is 39.3 Å². The van der Waals surface area contributed by atoms with Crippen LogP contribution in [0.3, 0.4) is 0 Å².